The smallest absolute Gasteiger partial charge is 0.276 e. The molecule has 3 rings (SSSR count). The summed E-state index contributed by atoms with van der Waals surface area (Å²) in [5.41, 5.74) is 7.32. The standard InChI is InChI=1S/C20H20FN3O4/c1-11-5-12(2)7-14(6-11)28-10-19(26)23-24-20(27)16-9-18(25)22-17-8-13(21)3-4-15(16)17/h3-8,16H,9-10H2,1-2H3,(H,22,25)(H,23,26)(H,24,27). The van der Waals surface area contributed by atoms with Gasteiger partial charge in [-0.15, -0.1) is 0 Å². The van der Waals surface area contributed by atoms with Crippen molar-refractivity contribution in [2.45, 2.75) is 26.2 Å². The van der Waals surface area contributed by atoms with Gasteiger partial charge in [0.1, 0.15) is 11.6 Å². The third kappa shape index (κ3) is 4.64. The minimum Gasteiger partial charge on any atom is -0.484 e. The molecule has 1 heterocycles. The number of ether oxygens (including phenoxy) is 1. The maximum absolute atomic E-state index is 13.4. The summed E-state index contributed by atoms with van der Waals surface area (Å²) >= 11 is 0. The minimum atomic E-state index is -0.829. The zero-order valence-corrected chi connectivity index (χ0v) is 15.5. The van der Waals surface area contributed by atoms with Gasteiger partial charge >= 0.3 is 0 Å². The number of benzene rings is 2. The number of nitrogens with one attached hydrogen (secondary N) is 3. The van der Waals surface area contributed by atoms with Crippen LogP contribution in [0.4, 0.5) is 10.1 Å². The van der Waals surface area contributed by atoms with Crippen LogP contribution >= 0.6 is 0 Å². The molecule has 0 spiro atoms. The second kappa shape index (κ2) is 8.08. The van der Waals surface area contributed by atoms with Gasteiger partial charge in [0.2, 0.25) is 11.8 Å². The third-order valence-corrected chi connectivity index (χ3v) is 4.26. The first-order valence-corrected chi connectivity index (χ1v) is 8.71. The molecule has 0 fully saturated rings. The number of halogens is 1. The highest BCUT2D eigenvalue weighted by molar-refractivity contribution is 6.01. The van der Waals surface area contributed by atoms with Crippen LogP contribution in [0.15, 0.2) is 36.4 Å². The van der Waals surface area contributed by atoms with E-state index in [0.717, 1.165) is 17.2 Å². The predicted octanol–water partition coefficient (Wildman–Crippen LogP) is 2.09. The Morgan fingerprint density at radius 3 is 2.57 bits per heavy atom. The number of rotatable bonds is 4. The molecule has 0 aliphatic carbocycles. The number of anilines is 1. The molecule has 8 heteroatoms. The number of carbonyl (C=O) groups is 3. The van der Waals surface area contributed by atoms with E-state index in [-0.39, 0.29) is 18.7 Å². The van der Waals surface area contributed by atoms with Gasteiger partial charge in [-0.2, -0.15) is 0 Å². The second-order valence-corrected chi connectivity index (χ2v) is 6.69. The Labute approximate surface area is 161 Å². The molecule has 0 saturated carbocycles. The highest BCUT2D eigenvalue weighted by atomic mass is 19.1. The first kappa shape index (κ1) is 19.3. The molecule has 3 amide bonds. The van der Waals surface area contributed by atoms with Gasteiger partial charge in [0.25, 0.3) is 5.91 Å². The molecule has 1 unspecified atom stereocenters. The van der Waals surface area contributed by atoms with Crippen molar-refractivity contribution in [3.63, 3.8) is 0 Å². The Hall–Kier alpha value is -3.42. The van der Waals surface area contributed by atoms with Crippen molar-refractivity contribution in [2.75, 3.05) is 11.9 Å². The highest BCUT2D eigenvalue weighted by Crippen LogP contribution is 2.32. The molecule has 0 bridgehead atoms. The molecule has 28 heavy (non-hydrogen) atoms. The van der Waals surface area contributed by atoms with Crippen LogP contribution in [0.5, 0.6) is 5.75 Å². The number of amides is 3. The van der Waals surface area contributed by atoms with Crippen LogP contribution in [0.2, 0.25) is 0 Å². The van der Waals surface area contributed by atoms with E-state index in [1.807, 2.05) is 19.9 Å². The van der Waals surface area contributed by atoms with E-state index in [4.69, 9.17) is 4.74 Å². The fourth-order valence-corrected chi connectivity index (χ4v) is 3.09. The van der Waals surface area contributed by atoms with Crippen molar-refractivity contribution in [2.24, 2.45) is 0 Å². The maximum Gasteiger partial charge on any atom is 0.276 e. The lowest BCUT2D eigenvalue weighted by Crippen LogP contribution is -2.47. The maximum atomic E-state index is 13.4. The molecule has 1 atom stereocenters. The molecule has 1 aliphatic rings. The van der Waals surface area contributed by atoms with Gasteiger partial charge in [0.15, 0.2) is 6.61 Å². The molecule has 2 aromatic rings. The van der Waals surface area contributed by atoms with Crippen molar-refractivity contribution in [3.05, 3.63) is 58.9 Å². The average molecular weight is 385 g/mol. The van der Waals surface area contributed by atoms with Crippen LogP contribution in [0.25, 0.3) is 0 Å². The monoisotopic (exact) mass is 385 g/mol. The number of hydrazine groups is 1. The van der Waals surface area contributed by atoms with Gasteiger partial charge in [-0.1, -0.05) is 12.1 Å². The largest absolute Gasteiger partial charge is 0.484 e. The minimum absolute atomic E-state index is 0.0978. The summed E-state index contributed by atoms with van der Waals surface area (Å²) in [5, 5.41) is 2.53. The number of carbonyl (C=O) groups excluding carboxylic acids is 3. The molecule has 0 saturated heterocycles. The van der Waals surface area contributed by atoms with Crippen molar-refractivity contribution < 1.29 is 23.5 Å². The molecule has 1 aliphatic heterocycles. The quantitative estimate of drug-likeness (QED) is 0.702. The summed E-state index contributed by atoms with van der Waals surface area (Å²) in [6, 6.07) is 9.40. The summed E-state index contributed by atoms with van der Waals surface area (Å²) in [5.74, 6) is -2.31. The summed E-state index contributed by atoms with van der Waals surface area (Å²) in [6.07, 6.45) is -0.0978. The fourth-order valence-electron chi connectivity index (χ4n) is 3.09. The molecule has 146 valence electrons. The summed E-state index contributed by atoms with van der Waals surface area (Å²) in [6.45, 7) is 3.56. The Morgan fingerprint density at radius 2 is 1.86 bits per heavy atom. The Morgan fingerprint density at radius 1 is 1.14 bits per heavy atom. The summed E-state index contributed by atoms with van der Waals surface area (Å²) < 4.78 is 18.8. The van der Waals surface area contributed by atoms with E-state index in [9.17, 15) is 18.8 Å². The summed E-state index contributed by atoms with van der Waals surface area (Å²) in [7, 11) is 0. The lowest BCUT2D eigenvalue weighted by atomic mass is 9.90. The van der Waals surface area contributed by atoms with Gasteiger partial charge in [-0.05, 0) is 54.8 Å². The van der Waals surface area contributed by atoms with E-state index in [1.165, 1.54) is 12.1 Å². The van der Waals surface area contributed by atoms with E-state index in [1.54, 1.807) is 12.1 Å². The number of aryl methyl sites for hydroxylation is 2. The average Bonchev–Trinajstić information content (AvgIpc) is 2.62. The van der Waals surface area contributed by atoms with Crippen LogP contribution < -0.4 is 20.9 Å². The molecule has 3 N–H and O–H groups in total. The first-order valence-electron chi connectivity index (χ1n) is 8.71. The molecular weight excluding hydrogens is 365 g/mol. The van der Waals surface area contributed by atoms with Crippen molar-refractivity contribution in [3.8, 4) is 5.75 Å². The zero-order chi connectivity index (χ0) is 20.3. The predicted molar refractivity (Wildman–Crippen MR) is 100 cm³/mol. The highest BCUT2D eigenvalue weighted by Gasteiger charge is 2.31. The van der Waals surface area contributed by atoms with Crippen LogP contribution in [0, 0.1) is 19.7 Å². The van der Waals surface area contributed by atoms with E-state index in [0.29, 0.717) is 11.3 Å². The lowest BCUT2D eigenvalue weighted by Gasteiger charge is -2.24. The summed E-state index contributed by atoms with van der Waals surface area (Å²) in [4.78, 5) is 36.2. The van der Waals surface area contributed by atoms with Crippen molar-refractivity contribution in [1.82, 2.24) is 10.9 Å². The fraction of sp³-hybridized carbons (Fsp3) is 0.250. The van der Waals surface area contributed by atoms with E-state index >= 15 is 0 Å². The van der Waals surface area contributed by atoms with Crippen LogP contribution in [-0.2, 0) is 14.4 Å². The van der Waals surface area contributed by atoms with Gasteiger partial charge in [0.05, 0.1) is 5.92 Å². The second-order valence-electron chi connectivity index (χ2n) is 6.69. The Bertz CT molecular complexity index is 925. The molecule has 7 nitrogen and oxygen atoms in total. The van der Waals surface area contributed by atoms with Gasteiger partial charge in [-0.3, -0.25) is 25.2 Å². The van der Waals surface area contributed by atoms with Crippen LogP contribution in [0.3, 0.4) is 0 Å². The lowest BCUT2D eigenvalue weighted by molar-refractivity contribution is -0.131. The van der Waals surface area contributed by atoms with Crippen LogP contribution in [0.1, 0.15) is 29.0 Å². The van der Waals surface area contributed by atoms with Crippen LogP contribution in [-0.4, -0.2) is 24.3 Å². The van der Waals surface area contributed by atoms with Gasteiger partial charge < -0.3 is 10.1 Å². The molecule has 0 radical (unpaired) electrons. The van der Waals surface area contributed by atoms with Gasteiger partial charge in [-0.25, -0.2) is 4.39 Å². The zero-order valence-electron chi connectivity index (χ0n) is 15.5. The van der Waals surface area contributed by atoms with E-state index in [2.05, 4.69) is 16.2 Å². The normalized spacial score (nSPS) is 15.2. The molecular formula is C20H20FN3O4. The Kier molecular flexibility index (Phi) is 5.58. The SMILES string of the molecule is Cc1cc(C)cc(OCC(=O)NNC(=O)C2CC(=O)Nc3cc(F)ccc32)c1. The number of hydrogen-bond donors (Lipinski definition) is 3. The van der Waals surface area contributed by atoms with Crippen molar-refractivity contribution in [1.29, 1.82) is 0 Å². The van der Waals surface area contributed by atoms with E-state index < -0.39 is 29.5 Å². The number of hydrogen-bond acceptors (Lipinski definition) is 4. The number of fused-ring (bicyclic) bond motifs is 1. The molecule has 0 aromatic heterocycles. The molecule has 2 aromatic carbocycles. The van der Waals surface area contributed by atoms with Crippen molar-refractivity contribution >= 4 is 23.4 Å². The Balaban J connectivity index is 1.56. The third-order valence-electron chi connectivity index (χ3n) is 4.26. The van der Waals surface area contributed by atoms with Gasteiger partial charge in [0, 0.05) is 12.1 Å². The topological polar surface area (TPSA) is 96.5 Å². The first-order chi connectivity index (χ1) is 13.3.